The molecule has 1 aliphatic rings. The van der Waals surface area contributed by atoms with E-state index >= 15 is 0 Å². The van der Waals surface area contributed by atoms with Crippen molar-refractivity contribution in [3.63, 3.8) is 0 Å². The molecule has 2 N–H and O–H groups in total. The van der Waals surface area contributed by atoms with Crippen LogP contribution < -0.4 is 15.4 Å². The Hall–Kier alpha value is -1.02. The number of aliphatic imine (C=N–C) groups is 1. The third-order valence-electron chi connectivity index (χ3n) is 4.39. The second-order valence-electron chi connectivity index (χ2n) is 6.38. The maximum atomic E-state index is 5.19. The molecule has 1 aromatic carbocycles. The average Bonchev–Trinajstić information content (AvgIpc) is 3.06. The van der Waals surface area contributed by atoms with Gasteiger partial charge in [0.25, 0.3) is 0 Å². The molecule has 142 valence electrons. The van der Waals surface area contributed by atoms with Crippen molar-refractivity contribution in [2.75, 3.05) is 39.8 Å². The summed E-state index contributed by atoms with van der Waals surface area (Å²) in [6, 6.07) is 8.08. The summed E-state index contributed by atoms with van der Waals surface area (Å²) < 4.78 is 5.19. The van der Waals surface area contributed by atoms with Crippen LogP contribution in [0.1, 0.15) is 32.3 Å². The summed E-state index contributed by atoms with van der Waals surface area (Å²) in [5.41, 5.74) is 1.18. The van der Waals surface area contributed by atoms with Gasteiger partial charge in [-0.2, -0.15) is 0 Å². The van der Waals surface area contributed by atoms with Crippen molar-refractivity contribution in [3.05, 3.63) is 29.8 Å². The fraction of sp³-hybridized carbons (Fsp3) is 0.632. The second kappa shape index (κ2) is 12.4. The molecule has 0 aromatic heterocycles. The Bertz CT molecular complexity index is 507. The zero-order valence-corrected chi connectivity index (χ0v) is 18.1. The van der Waals surface area contributed by atoms with Gasteiger partial charge >= 0.3 is 0 Å². The summed E-state index contributed by atoms with van der Waals surface area (Å²) in [6.45, 7) is 10.6. The summed E-state index contributed by atoms with van der Waals surface area (Å²) in [4.78, 5) is 7.26. The highest BCUT2D eigenvalue weighted by atomic mass is 127. The van der Waals surface area contributed by atoms with Crippen LogP contribution in [0.15, 0.2) is 29.3 Å². The first-order chi connectivity index (χ1) is 11.7. The molecule has 0 amide bonds. The minimum absolute atomic E-state index is 0. The lowest BCUT2D eigenvalue weighted by Crippen LogP contribution is -2.40. The van der Waals surface area contributed by atoms with Crippen molar-refractivity contribution in [1.29, 1.82) is 0 Å². The lowest BCUT2D eigenvalue weighted by Gasteiger charge is -2.17. The molecule has 5 nitrogen and oxygen atoms in total. The van der Waals surface area contributed by atoms with E-state index in [1.54, 1.807) is 7.11 Å². The molecule has 2 rings (SSSR count). The van der Waals surface area contributed by atoms with Crippen molar-refractivity contribution in [1.82, 2.24) is 15.5 Å². The van der Waals surface area contributed by atoms with E-state index in [9.17, 15) is 0 Å². The molecule has 0 saturated carbocycles. The Morgan fingerprint density at radius 1 is 1.24 bits per heavy atom. The molecule has 0 aliphatic carbocycles. The van der Waals surface area contributed by atoms with Gasteiger partial charge in [-0.25, -0.2) is 4.99 Å². The average molecular weight is 460 g/mol. The van der Waals surface area contributed by atoms with Crippen molar-refractivity contribution in [3.8, 4) is 5.75 Å². The zero-order chi connectivity index (χ0) is 17.2. The van der Waals surface area contributed by atoms with Crippen molar-refractivity contribution >= 4 is 29.9 Å². The number of nitrogens with one attached hydrogen (secondary N) is 2. The molecule has 1 fully saturated rings. The number of benzene rings is 1. The molecule has 1 heterocycles. The molecule has 0 spiro atoms. The first-order valence-corrected chi connectivity index (χ1v) is 9.12. The van der Waals surface area contributed by atoms with Crippen LogP contribution in [-0.2, 0) is 6.54 Å². The van der Waals surface area contributed by atoms with Crippen LogP contribution in [0.5, 0.6) is 5.75 Å². The largest absolute Gasteiger partial charge is 0.497 e. The van der Waals surface area contributed by atoms with E-state index < -0.39 is 0 Å². The van der Waals surface area contributed by atoms with Gasteiger partial charge in [0.1, 0.15) is 5.75 Å². The summed E-state index contributed by atoms with van der Waals surface area (Å²) in [6.07, 6.45) is 2.52. The monoisotopic (exact) mass is 460 g/mol. The Morgan fingerprint density at radius 3 is 2.64 bits per heavy atom. The van der Waals surface area contributed by atoms with Gasteiger partial charge in [-0.05, 0) is 56.5 Å². The van der Waals surface area contributed by atoms with Crippen LogP contribution in [0.2, 0.25) is 0 Å². The first kappa shape index (κ1) is 22.0. The number of halogens is 1. The van der Waals surface area contributed by atoms with Crippen LogP contribution in [0, 0.1) is 5.92 Å². The van der Waals surface area contributed by atoms with Gasteiger partial charge < -0.3 is 20.3 Å². The third-order valence-corrected chi connectivity index (χ3v) is 4.39. The quantitative estimate of drug-likeness (QED) is 0.356. The first-order valence-electron chi connectivity index (χ1n) is 9.12. The van der Waals surface area contributed by atoms with Crippen LogP contribution in [-0.4, -0.2) is 50.7 Å². The van der Waals surface area contributed by atoms with E-state index in [0.29, 0.717) is 6.54 Å². The standard InChI is InChI=1S/C19H32N4O.HI/c1-4-11-23-12-10-17(15-23)14-22-19(20-5-2)21-13-16-6-8-18(24-3)9-7-16;/h6-9,17H,4-5,10-15H2,1-3H3,(H2,20,21,22);1H. The minimum Gasteiger partial charge on any atom is -0.497 e. The van der Waals surface area contributed by atoms with E-state index in [1.165, 1.54) is 38.0 Å². The van der Waals surface area contributed by atoms with Gasteiger partial charge in [0, 0.05) is 19.6 Å². The third kappa shape index (κ3) is 7.81. The Labute approximate surface area is 169 Å². The van der Waals surface area contributed by atoms with Crippen molar-refractivity contribution in [2.24, 2.45) is 10.9 Å². The van der Waals surface area contributed by atoms with Gasteiger partial charge in [-0.3, -0.25) is 0 Å². The summed E-state index contributed by atoms with van der Waals surface area (Å²) >= 11 is 0. The molecule has 1 unspecified atom stereocenters. The Balaban J connectivity index is 0.00000312. The molecule has 1 saturated heterocycles. The van der Waals surface area contributed by atoms with Gasteiger partial charge in [-0.1, -0.05) is 19.1 Å². The number of guanidine groups is 1. The number of rotatable bonds is 8. The van der Waals surface area contributed by atoms with Gasteiger partial charge in [0.15, 0.2) is 5.96 Å². The predicted molar refractivity (Wildman–Crippen MR) is 116 cm³/mol. The van der Waals surface area contributed by atoms with E-state index in [0.717, 1.165) is 30.7 Å². The highest BCUT2D eigenvalue weighted by Crippen LogP contribution is 2.15. The van der Waals surface area contributed by atoms with Gasteiger partial charge in [0.05, 0.1) is 13.7 Å². The SMILES string of the molecule is CCCN1CCC(CNC(=NCc2ccc(OC)cc2)NCC)C1.I. The number of hydrogen-bond acceptors (Lipinski definition) is 3. The molecule has 25 heavy (non-hydrogen) atoms. The fourth-order valence-corrected chi connectivity index (χ4v) is 3.08. The summed E-state index contributed by atoms with van der Waals surface area (Å²) in [5.74, 6) is 2.51. The lowest BCUT2D eigenvalue weighted by atomic mass is 10.1. The Morgan fingerprint density at radius 2 is 2.00 bits per heavy atom. The van der Waals surface area contributed by atoms with E-state index in [4.69, 9.17) is 9.73 Å². The van der Waals surface area contributed by atoms with Gasteiger partial charge in [-0.15, -0.1) is 24.0 Å². The van der Waals surface area contributed by atoms with Crippen LogP contribution in [0.25, 0.3) is 0 Å². The maximum Gasteiger partial charge on any atom is 0.191 e. The van der Waals surface area contributed by atoms with E-state index in [-0.39, 0.29) is 24.0 Å². The predicted octanol–water partition coefficient (Wildman–Crippen LogP) is 3.10. The fourth-order valence-electron chi connectivity index (χ4n) is 3.08. The topological polar surface area (TPSA) is 48.9 Å². The lowest BCUT2D eigenvalue weighted by molar-refractivity contribution is 0.324. The highest BCUT2D eigenvalue weighted by Gasteiger charge is 2.21. The van der Waals surface area contributed by atoms with Crippen LogP contribution in [0.3, 0.4) is 0 Å². The molecular weight excluding hydrogens is 427 g/mol. The number of nitrogens with zero attached hydrogens (tertiary/aromatic N) is 2. The zero-order valence-electron chi connectivity index (χ0n) is 15.8. The maximum absolute atomic E-state index is 5.19. The van der Waals surface area contributed by atoms with Crippen LogP contribution >= 0.6 is 24.0 Å². The highest BCUT2D eigenvalue weighted by molar-refractivity contribution is 14.0. The number of methoxy groups -OCH3 is 1. The van der Waals surface area contributed by atoms with Crippen LogP contribution in [0.4, 0.5) is 0 Å². The van der Waals surface area contributed by atoms with Gasteiger partial charge in [0.2, 0.25) is 0 Å². The smallest absolute Gasteiger partial charge is 0.191 e. The molecule has 0 bridgehead atoms. The molecule has 0 radical (unpaired) electrons. The van der Waals surface area contributed by atoms with Crippen molar-refractivity contribution in [2.45, 2.75) is 33.2 Å². The number of hydrogen-bond donors (Lipinski definition) is 2. The molecule has 1 atom stereocenters. The summed E-state index contributed by atoms with van der Waals surface area (Å²) in [7, 11) is 1.69. The normalized spacial score (nSPS) is 17.9. The van der Waals surface area contributed by atoms with E-state index in [2.05, 4.69) is 41.5 Å². The molecule has 1 aromatic rings. The molecule has 1 aliphatic heterocycles. The minimum atomic E-state index is 0. The number of likely N-dealkylation sites (tertiary alicyclic amines) is 1. The Kier molecular flexibility index (Phi) is 10.9. The number of ether oxygens (including phenoxy) is 1. The molecular formula is C19H33IN4O. The molecule has 6 heteroatoms. The van der Waals surface area contributed by atoms with E-state index in [1.807, 2.05) is 12.1 Å². The second-order valence-corrected chi connectivity index (χ2v) is 6.38. The summed E-state index contributed by atoms with van der Waals surface area (Å²) in [5, 5.41) is 6.84. The van der Waals surface area contributed by atoms with Crippen molar-refractivity contribution < 1.29 is 4.74 Å².